The molecule has 2 aromatic carbocycles. The van der Waals surface area contributed by atoms with Gasteiger partial charge in [0.15, 0.2) is 11.6 Å². The number of aromatic carboxylic acids is 1. The number of aromatic nitrogens is 1. The van der Waals surface area contributed by atoms with Crippen LogP contribution in [-0.2, 0) is 19.4 Å². The van der Waals surface area contributed by atoms with Crippen molar-refractivity contribution in [2.24, 2.45) is 0 Å². The molecule has 128 valence electrons. The average molecular weight is 341 g/mol. The minimum atomic E-state index is -0.996. The van der Waals surface area contributed by atoms with Crippen molar-refractivity contribution in [1.29, 1.82) is 0 Å². The highest BCUT2D eigenvalue weighted by Crippen LogP contribution is 2.33. The number of carboxylic acid groups (broad SMARTS) is 1. The minimum absolute atomic E-state index is 0.193. The molecule has 1 heterocycles. The van der Waals surface area contributed by atoms with E-state index in [9.17, 15) is 18.7 Å². The molecule has 0 aliphatic heterocycles. The van der Waals surface area contributed by atoms with Gasteiger partial charge in [0.05, 0.1) is 12.1 Å². The summed E-state index contributed by atoms with van der Waals surface area (Å²) >= 11 is 0. The predicted octanol–water partition coefficient (Wildman–Crippen LogP) is 4.54. The van der Waals surface area contributed by atoms with E-state index in [1.807, 2.05) is 10.6 Å². The first-order valence-electron chi connectivity index (χ1n) is 8.36. The maximum Gasteiger partial charge on any atom is 0.335 e. The smallest absolute Gasteiger partial charge is 0.335 e. The summed E-state index contributed by atoms with van der Waals surface area (Å²) in [5, 5.41) is 10.3. The molecule has 1 N–H and O–H groups in total. The van der Waals surface area contributed by atoms with Crippen LogP contribution in [0.5, 0.6) is 0 Å². The molecule has 0 bridgehead atoms. The van der Waals surface area contributed by atoms with Crippen molar-refractivity contribution in [3.8, 4) is 0 Å². The van der Waals surface area contributed by atoms with Gasteiger partial charge in [-0.1, -0.05) is 18.2 Å². The van der Waals surface area contributed by atoms with E-state index in [4.69, 9.17) is 0 Å². The molecule has 25 heavy (non-hydrogen) atoms. The molecule has 0 saturated carbocycles. The Morgan fingerprint density at radius 1 is 1.12 bits per heavy atom. The summed E-state index contributed by atoms with van der Waals surface area (Å²) in [5.74, 6) is -2.71. The van der Waals surface area contributed by atoms with Gasteiger partial charge in [0.25, 0.3) is 0 Å². The molecule has 0 saturated heterocycles. The summed E-state index contributed by atoms with van der Waals surface area (Å²) in [5.41, 5.74) is 3.55. The summed E-state index contributed by atoms with van der Waals surface area (Å²) in [6, 6.07) is 9.24. The number of aryl methyl sites for hydroxylation is 1. The highest BCUT2D eigenvalue weighted by Gasteiger charge is 2.22. The Morgan fingerprint density at radius 2 is 1.92 bits per heavy atom. The fourth-order valence-electron chi connectivity index (χ4n) is 3.79. The Labute approximate surface area is 143 Å². The quantitative estimate of drug-likeness (QED) is 0.760. The van der Waals surface area contributed by atoms with E-state index < -0.39 is 17.6 Å². The zero-order chi connectivity index (χ0) is 17.6. The predicted molar refractivity (Wildman–Crippen MR) is 91.0 cm³/mol. The van der Waals surface area contributed by atoms with Crippen molar-refractivity contribution in [1.82, 2.24) is 4.57 Å². The van der Waals surface area contributed by atoms with Gasteiger partial charge in [-0.25, -0.2) is 13.6 Å². The number of benzene rings is 2. The molecule has 1 aliphatic rings. The van der Waals surface area contributed by atoms with Gasteiger partial charge in [-0.2, -0.15) is 0 Å². The molecule has 3 aromatic rings. The van der Waals surface area contributed by atoms with E-state index in [0.29, 0.717) is 0 Å². The second kappa shape index (κ2) is 5.99. The maximum atomic E-state index is 14.2. The van der Waals surface area contributed by atoms with E-state index in [0.717, 1.165) is 48.3 Å². The second-order valence-corrected chi connectivity index (χ2v) is 6.47. The fourth-order valence-corrected chi connectivity index (χ4v) is 3.79. The van der Waals surface area contributed by atoms with E-state index in [-0.39, 0.29) is 17.7 Å². The molecule has 0 unspecified atom stereocenters. The number of nitrogens with zero attached hydrogens (tertiary/aromatic N) is 1. The lowest BCUT2D eigenvalue weighted by Crippen LogP contribution is -2.10. The van der Waals surface area contributed by atoms with Gasteiger partial charge in [-0.05, 0) is 49.4 Å². The minimum Gasteiger partial charge on any atom is -0.478 e. The molecule has 1 aliphatic carbocycles. The Balaban J connectivity index is 1.93. The largest absolute Gasteiger partial charge is 0.478 e. The molecule has 1 aromatic heterocycles. The van der Waals surface area contributed by atoms with E-state index in [1.165, 1.54) is 11.6 Å². The molecule has 0 radical (unpaired) electrons. The van der Waals surface area contributed by atoms with Crippen LogP contribution in [0.2, 0.25) is 0 Å². The zero-order valence-corrected chi connectivity index (χ0v) is 13.6. The first kappa shape index (κ1) is 15.8. The van der Waals surface area contributed by atoms with Crippen LogP contribution in [0, 0.1) is 11.6 Å². The van der Waals surface area contributed by atoms with Crippen LogP contribution in [-0.4, -0.2) is 15.6 Å². The Kier molecular flexibility index (Phi) is 3.79. The first-order valence-corrected chi connectivity index (χ1v) is 8.36. The van der Waals surface area contributed by atoms with Crippen molar-refractivity contribution in [3.05, 3.63) is 70.4 Å². The molecule has 4 rings (SSSR count). The highest BCUT2D eigenvalue weighted by atomic mass is 19.2. The summed E-state index contributed by atoms with van der Waals surface area (Å²) in [6.45, 7) is 0.193. The van der Waals surface area contributed by atoms with Crippen molar-refractivity contribution < 1.29 is 18.7 Å². The third-order valence-corrected chi connectivity index (χ3v) is 4.99. The van der Waals surface area contributed by atoms with Gasteiger partial charge >= 0.3 is 5.97 Å². The van der Waals surface area contributed by atoms with Crippen LogP contribution in [0.25, 0.3) is 10.9 Å². The van der Waals surface area contributed by atoms with Crippen molar-refractivity contribution in [2.75, 3.05) is 0 Å². The van der Waals surface area contributed by atoms with Crippen LogP contribution >= 0.6 is 0 Å². The van der Waals surface area contributed by atoms with E-state index >= 15 is 0 Å². The maximum absolute atomic E-state index is 14.2. The molecule has 0 spiro atoms. The number of carbonyl (C=O) groups is 1. The second-order valence-electron chi connectivity index (χ2n) is 6.47. The number of rotatable bonds is 3. The summed E-state index contributed by atoms with van der Waals surface area (Å²) in [4.78, 5) is 11.3. The van der Waals surface area contributed by atoms with Crippen LogP contribution < -0.4 is 0 Å². The third kappa shape index (κ3) is 2.60. The molecular formula is C20H17F2NO2. The molecular weight excluding hydrogens is 324 g/mol. The van der Waals surface area contributed by atoms with Crippen molar-refractivity contribution >= 4 is 16.9 Å². The van der Waals surface area contributed by atoms with E-state index in [2.05, 4.69) is 0 Å². The molecule has 5 heteroatoms. The monoisotopic (exact) mass is 341 g/mol. The zero-order valence-electron chi connectivity index (χ0n) is 13.6. The highest BCUT2D eigenvalue weighted by molar-refractivity contribution is 5.95. The Bertz CT molecular complexity index is 991. The average Bonchev–Trinajstić information content (AvgIpc) is 2.92. The Morgan fingerprint density at radius 3 is 2.72 bits per heavy atom. The van der Waals surface area contributed by atoms with Crippen LogP contribution in [0.1, 0.15) is 40.0 Å². The lowest BCUT2D eigenvalue weighted by molar-refractivity contribution is 0.0697. The van der Waals surface area contributed by atoms with Crippen LogP contribution in [0.3, 0.4) is 0 Å². The number of fused-ring (bicyclic) bond motifs is 3. The van der Waals surface area contributed by atoms with Gasteiger partial charge in [-0.15, -0.1) is 0 Å². The van der Waals surface area contributed by atoms with E-state index in [1.54, 1.807) is 18.2 Å². The lowest BCUT2D eigenvalue weighted by Gasteiger charge is -2.16. The van der Waals surface area contributed by atoms with Gasteiger partial charge < -0.3 is 9.67 Å². The first-order chi connectivity index (χ1) is 12.1. The molecule has 0 fully saturated rings. The normalized spacial score (nSPS) is 13.8. The summed E-state index contributed by atoms with van der Waals surface area (Å²) in [7, 11) is 0. The van der Waals surface area contributed by atoms with Gasteiger partial charge in [-0.3, -0.25) is 0 Å². The molecule has 0 amide bonds. The van der Waals surface area contributed by atoms with Gasteiger partial charge in [0.1, 0.15) is 0 Å². The van der Waals surface area contributed by atoms with Crippen molar-refractivity contribution in [3.63, 3.8) is 0 Å². The molecule has 3 nitrogen and oxygen atoms in total. The van der Waals surface area contributed by atoms with Crippen LogP contribution in [0.15, 0.2) is 36.4 Å². The number of carboxylic acids is 1. The fraction of sp³-hybridized carbons (Fsp3) is 0.250. The van der Waals surface area contributed by atoms with Gasteiger partial charge in [0, 0.05) is 22.2 Å². The number of hydrogen-bond acceptors (Lipinski definition) is 1. The van der Waals surface area contributed by atoms with Crippen molar-refractivity contribution in [2.45, 2.75) is 32.2 Å². The molecule has 0 atom stereocenters. The standard InChI is InChI=1S/C20H17F2NO2/c21-16-6-3-4-13(19(16)22)11-23-17-7-2-1-5-14(17)15-9-8-12(20(24)25)10-18(15)23/h3-4,6,8-10H,1-2,5,7,11H2,(H,24,25). The Hall–Kier alpha value is -2.69. The summed E-state index contributed by atoms with van der Waals surface area (Å²) in [6.07, 6.45) is 3.92. The topological polar surface area (TPSA) is 42.2 Å². The number of halogens is 2. The third-order valence-electron chi connectivity index (χ3n) is 4.99. The number of hydrogen-bond donors (Lipinski definition) is 1. The van der Waals surface area contributed by atoms with Gasteiger partial charge in [0.2, 0.25) is 0 Å². The van der Waals surface area contributed by atoms with Crippen LogP contribution in [0.4, 0.5) is 8.78 Å². The SMILES string of the molecule is O=C(O)c1ccc2c3c(n(Cc4cccc(F)c4F)c2c1)CCCC3. The summed E-state index contributed by atoms with van der Waals surface area (Å²) < 4.78 is 29.7. The lowest BCUT2D eigenvalue weighted by atomic mass is 9.95.